The molecule has 2 amide bonds. The van der Waals surface area contributed by atoms with E-state index in [1.54, 1.807) is 20.0 Å². The standard InChI is InChI=1S/C28H29F2N5O4/c1-6-21(36)35(5)9-10-38-25-23(32-14-33-26(25)31)18-11-16(29)12-20(15(18)2)34-27(37)17-7-8-19-24(22(17)30)39-13-28(19,3)4/h6-8,11-12,14H,1,9-10,13H2,2-5H3,(H,34,37)(H2,31,32,33). The fraction of sp³-hybridized carbons (Fsp3) is 0.286. The van der Waals surface area contributed by atoms with Crippen molar-refractivity contribution < 1.29 is 27.8 Å². The minimum atomic E-state index is -0.774. The third-order valence-corrected chi connectivity index (χ3v) is 6.58. The van der Waals surface area contributed by atoms with Crippen LogP contribution in [0.3, 0.4) is 0 Å². The predicted octanol–water partition coefficient (Wildman–Crippen LogP) is 4.26. The van der Waals surface area contributed by atoms with Crippen molar-refractivity contribution in [2.45, 2.75) is 26.2 Å². The monoisotopic (exact) mass is 537 g/mol. The highest BCUT2D eigenvalue weighted by Crippen LogP contribution is 2.41. The van der Waals surface area contributed by atoms with Crippen molar-refractivity contribution in [3.05, 3.63) is 71.6 Å². The van der Waals surface area contributed by atoms with E-state index in [9.17, 15) is 14.0 Å². The fourth-order valence-electron chi connectivity index (χ4n) is 4.25. The van der Waals surface area contributed by atoms with Crippen LogP contribution in [0.25, 0.3) is 11.3 Å². The van der Waals surface area contributed by atoms with Crippen LogP contribution in [0.4, 0.5) is 20.3 Å². The number of carbonyl (C=O) groups excluding carboxylic acids is 2. The van der Waals surface area contributed by atoms with E-state index in [0.29, 0.717) is 17.7 Å². The van der Waals surface area contributed by atoms with E-state index < -0.39 is 17.5 Å². The molecule has 39 heavy (non-hydrogen) atoms. The van der Waals surface area contributed by atoms with Crippen molar-refractivity contribution in [3.8, 4) is 22.8 Å². The second-order valence-electron chi connectivity index (χ2n) is 9.81. The number of nitrogens with one attached hydrogen (secondary N) is 1. The molecule has 9 nitrogen and oxygen atoms in total. The van der Waals surface area contributed by atoms with Gasteiger partial charge in [0.25, 0.3) is 5.91 Å². The maximum absolute atomic E-state index is 15.2. The lowest BCUT2D eigenvalue weighted by molar-refractivity contribution is -0.125. The zero-order chi connectivity index (χ0) is 28.5. The molecule has 0 aliphatic carbocycles. The van der Waals surface area contributed by atoms with Crippen LogP contribution in [-0.4, -0.2) is 53.5 Å². The van der Waals surface area contributed by atoms with E-state index in [1.807, 2.05) is 13.8 Å². The smallest absolute Gasteiger partial charge is 0.258 e. The van der Waals surface area contributed by atoms with Gasteiger partial charge in [0.05, 0.1) is 18.7 Å². The van der Waals surface area contributed by atoms with E-state index in [2.05, 4.69) is 21.9 Å². The van der Waals surface area contributed by atoms with Gasteiger partial charge in [0.15, 0.2) is 23.1 Å². The first-order valence-electron chi connectivity index (χ1n) is 12.1. The van der Waals surface area contributed by atoms with Crippen LogP contribution in [0, 0.1) is 18.6 Å². The quantitative estimate of drug-likeness (QED) is 0.412. The maximum Gasteiger partial charge on any atom is 0.258 e. The lowest BCUT2D eigenvalue weighted by Crippen LogP contribution is -2.29. The van der Waals surface area contributed by atoms with Crippen LogP contribution in [0.5, 0.6) is 11.5 Å². The molecule has 0 saturated heterocycles. The number of rotatable bonds is 8. The van der Waals surface area contributed by atoms with Crippen molar-refractivity contribution >= 4 is 23.3 Å². The van der Waals surface area contributed by atoms with Gasteiger partial charge in [-0.25, -0.2) is 18.7 Å². The number of halogens is 2. The molecule has 0 bridgehead atoms. The fourth-order valence-corrected chi connectivity index (χ4v) is 4.25. The summed E-state index contributed by atoms with van der Waals surface area (Å²) < 4.78 is 41.3. The highest BCUT2D eigenvalue weighted by Gasteiger charge is 2.35. The summed E-state index contributed by atoms with van der Waals surface area (Å²) in [6.07, 6.45) is 2.38. The molecule has 1 aliphatic heterocycles. The molecule has 4 rings (SSSR count). The number of nitrogens with two attached hydrogens (primary N) is 1. The summed E-state index contributed by atoms with van der Waals surface area (Å²) in [6.45, 7) is 9.50. The van der Waals surface area contributed by atoms with E-state index >= 15 is 4.39 Å². The normalized spacial score (nSPS) is 13.3. The van der Waals surface area contributed by atoms with Gasteiger partial charge in [0.2, 0.25) is 5.91 Å². The Balaban J connectivity index is 1.64. The average Bonchev–Trinajstić information content (AvgIpc) is 3.21. The molecule has 11 heteroatoms. The van der Waals surface area contributed by atoms with Gasteiger partial charge >= 0.3 is 0 Å². The van der Waals surface area contributed by atoms with Crippen LogP contribution in [0.15, 0.2) is 43.2 Å². The van der Waals surface area contributed by atoms with E-state index in [0.717, 1.165) is 6.07 Å². The van der Waals surface area contributed by atoms with E-state index in [-0.39, 0.29) is 64.3 Å². The molecular weight excluding hydrogens is 508 g/mol. The Morgan fingerprint density at radius 2 is 2.03 bits per heavy atom. The summed E-state index contributed by atoms with van der Waals surface area (Å²) in [4.78, 5) is 34.4. The minimum Gasteiger partial charge on any atom is -0.489 e. The lowest BCUT2D eigenvalue weighted by Gasteiger charge is -2.19. The third-order valence-electron chi connectivity index (χ3n) is 6.58. The molecule has 204 valence electrons. The number of aromatic nitrogens is 2. The second kappa shape index (κ2) is 10.7. The van der Waals surface area contributed by atoms with Crippen molar-refractivity contribution in [2.75, 3.05) is 37.9 Å². The van der Waals surface area contributed by atoms with Crippen LogP contribution in [0.1, 0.15) is 35.3 Å². The average molecular weight is 538 g/mol. The highest BCUT2D eigenvalue weighted by molar-refractivity contribution is 6.05. The summed E-state index contributed by atoms with van der Waals surface area (Å²) in [5.41, 5.74) is 7.11. The van der Waals surface area contributed by atoms with Gasteiger partial charge in [0, 0.05) is 29.3 Å². The molecule has 3 aromatic rings. The number of benzene rings is 2. The summed E-state index contributed by atoms with van der Waals surface area (Å²) in [6, 6.07) is 5.40. The van der Waals surface area contributed by atoms with Crippen LogP contribution in [0.2, 0.25) is 0 Å². The number of carbonyl (C=O) groups is 2. The number of nitrogen functional groups attached to an aromatic ring is 1. The van der Waals surface area contributed by atoms with Crippen molar-refractivity contribution in [2.24, 2.45) is 0 Å². The van der Waals surface area contributed by atoms with E-state index in [4.69, 9.17) is 15.2 Å². The highest BCUT2D eigenvalue weighted by atomic mass is 19.1. The predicted molar refractivity (Wildman–Crippen MR) is 143 cm³/mol. The molecule has 0 fully saturated rings. The topological polar surface area (TPSA) is 120 Å². The number of nitrogens with zero attached hydrogens (tertiary/aromatic N) is 3. The van der Waals surface area contributed by atoms with Crippen molar-refractivity contribution in [1.29, 1.82) is 0 Å². The van der Waals surface area contributed by atoms with Gasteiger partial charge in [-0.1, -0.05) is 26.5 Å². The van der Waals surface area contributed by atoms with Crippen molar-refractivity contribution in [3.63, 3.8) is 0 Å². The molecule has 2 aromatic carbocycles. The lowest BCUT2D eigenvalue weighted by atomic mass is 9.86. The van der Waals surface area contributed by atoms with Crippen LogP contribution in [-0.2, 0) is 10.2 Å². The summed E-state index contributed by atoms with van der Waals surface area (Å²) in [5.74, 6) is -2.36. The Hall–Kier alpha value is -4.54. The molecule has 0 atom stereocenters. The van der Waals surface area contributed by atoms with Gasteiger partial charge < -0.3 is 25.4 Å². The Morgan fingerprint density at radius 1 is 1.28 bits per heavy atom. The van der Waals surface area contributed by atoms with Gasteiger partial charge in [0.1, 0.15) is 24.4 Å². The summed E-state index contributed by atoms with van der Waals surface area (Å²) >= 11 is 0. The molecule has 1 aromatic heterocycles. The minimum absolute atomic E-state index is 0.00934. The molecule has 0 spiro atoms. The molecule has 0 saturated carbocycles. The number of anilines is 2. The van der Waals surface area contributed by atoms with Crippen molar-refractivity contribution in [1.82, 2.24) is 14.9 Å². The largest absolute Gasteiger partial charge is 0.489 e. The molecule has 2 heterocycles. The van der Waals surface area contributed by atoms with Gasteiger partial charge in [-0.2, -0.15) is 0 Å². The van der Waals surface area contributed by atoms with Crippen LogP contribution < -0.4 is 20.5 Å². The molecule has 0 radical (unpaired) electrons. The first kappa shape index (κ1) is 27.5. The van der Waals surface area contributed by atoms with Gasteiger partial charge in [-0.15, -0.1) is 0 Å². The van der Waals surface area contributed by atoms with E-state index in [1.165, 1.54) is 29.4 Å². The molecular formula is C28H29F2N5O4. The first-order chi connectivity index (χ1) is 18.4. The first-order valence-corrected chi connectivity index (χ1v) is 12.1. The number of hydrogen-bond donors (Lipinski definition) is 2. The number of hydrogen-bond acceptors (Lipinski definition) is 7. The Kier molecular flexibility index (Phi) is 7.53. The summed E-state index contributed by atoms with van der Waals surface area (Å²) in [7, 11) is 1.58. The van der Waals surface area contributed by atoms with Crippen LogP contribution >= 0.6 is 0 Å². The number of fused-ring (bicyclic) bond motifs is 1. The molecule has 1 aliphatic rings. The second-order valence-corrected chi connectivity index (χ2v) is 9.81. The Labute approximate surface area is 224 Å². The Morgan fingerprint density at radius 3 is 2.74 bits per heavy atom. The Bertz CT molecular complexity index is 1470. The zero-order valence-electron chi connectivity index (χ0n) is 22.1. The maximum atomic E-state index is 15.2. The SMILES string of the molecule is C=CC(=O)N(C)CCOc1c(N)ncnc1-c1cc(F)cc(NC(=O)c2ccc3c(c2F)OCC3(C)C)c1C. The summed E-state index contributed by atoms with van der Waals surface area (Å²) in [5, 5.41) is 2.60. The molecule has 3 N–H and O–H groups in total. The van der Waals surface area contributed by atoms with Gasteiger partial charge in [-0.3, -0.25) is 9.59 Å². The van der Waals surface area contributed by atoms with Gasteiger partial charge in [-0.05, 0) is 36.8 Å². The number of amides is 2. The third kappa shape index (κ3) is 5.38. The number of ether oxygens (including phenoxy) is 2. The number of likely N-dealkylation sites (N-methyl/N-ethyl adjacent to an activating group) is 1. The molecule has 0 unspecified atom stereocenters. The zero-order valence-corrected chi connectivity index (χ0v) is 22.1.